The summed E-state index contributed by atoms with van der Waals surface area (Å²) in [5.41, 5.74) is 0.573. The molecule has 1 saturated heterocycles. The average Bonchev–Trinajstić information content (AvgIpc) is 4.08. The second-order valence-electron chi connectivity index (χ2n) is 16.6. The van der Waals surface area contributed by atoms with Crippen LogP contribution in [0.4, 0.5) is 0 Å². The van der Waals surface area contributed by atoms with E-state index in [4.69, 9.17) is 14.5 Å². The van der Waals surface area contributed by atoms with E-state index in [-0.39, 0.29) is 50.5 Å². The largest absolute Gasteiger partial charge is 0.472 e. The predicted octanol–water partition coefficient (Wildman–Crippen LogP) is 6.41. The number of allylic oxidation sites excluding steroid dienone is 2. The number of rotatable bonds is 8. The van der Waals surface area contributed by atoms with Gasteiger partial charge in [0, 0.05) is 23.8 Å². The van der Waals surface area contributed by atoms with Crippen LogP contribution >= 0.6 is 0 Å². The molecule has 1 aromatic heterocycles. The maximum Gasteiger partial charge on any atom is 0.306 e. The molecule has 4 aliphatic rings. The van der Waals surface area contributed by atoms with Crippen molar-refractivity contribution in [1.82, 2.24) is 14.6 Å². The number of carbonyl (C=O) groups is 4. The van der Waals surface area contributed by atoms with Gasteiger partial charge >= 0.3 is 5.97 Å². The average molecular weight is 768 g/mol. The summed E-state index contributed by atoms with van der Waals surface area (Å²) < 4.78 is 40.1. The van der Waals surface area contributed by atoms with Gasteiger partial charge in [-0.05, 0) is 66.5 Å². The molecule has 11 nitrogen and oxygen atoms in total. The van der Waals surface area contributed by atoms with Crippen LogP contribution in [-0.4, -0.2) is 72.4 Å². The second kappa shape index (κ2) is 15.0. The second-order valence-corrected chi connectivity index (χ2v) is 18.5. The third kappa shape index (κ3) is 8.24. The van der Waals surface area contributed by atoms with Crippen molar-refractivity contribution in [2.75, 3.05) is 13.2 Å². The zero-order chi connectivity index (χ0) is 39.1. The van der Waals surface area contributed by atoms with Crippen LogP contribution in [0.2, 0.25) is 0 Å². The van der Waals surface area contributed by atoms with Gasteiger partial charge in [-0.1, -0.05) is 81.5 Å². The number of fused-ring (bicyclic) bond motifs is 3. The van der Waals surface area contributed by atoms with E-state index in [0.717, 1.165) is 21.9 Å². The van der Waals surface area contributed by atoms with Gasteiger partial charge in [-0.15, -0.1) is 6.58 Å². The van der Waals surface area contributed by atoms with E-state index in [1.165, 1.54) is 4.90 Å². The molecule has 2 saturated carbocycles. The summed E-state index contributed by atoms with van der Waals surface area (Å²) >= 11 is 0. The molecule has 5 atom stereocenters. The van der Waals surface area contributed by atoms with Crippen LogP contribution in [0.3, 0.4) is 0 Å². The Bertz CT molecular complexity index is 2160. The van der Waals surface area contributed by atoms with Crippen LogP contribution in [0, 0.1) is 22.7 Å². The molecule has 55 heavy (non-hydrogen) atoms. The number of ketones is 1. The van der Waals surface area contributed by atoms with Gasteiger partial charge in [-0.3, -0.25) is 23.9 Å². The van der Waals surface area contributed by atoms with Crippen LogP contribution in [0.5, 0.6) is 5.88 Å². The molecule has 3 fully saturated rings. The third-order valence-corrected chi connectivity index (χ3v) is 13.3. The Labute approximate surface area is 322 Å². The van der Waals surface area contributed by atoms with Crippen molar-refractivity contribution < 1.29 is 37.1 Å². The van der Waals surface area contributed by atoms with E-state index >= 15 is 0 Å². The molecule has 290 valence electrons. The zero-order valence-electron chi connectivity index (χ0n) is 31.7. The quantitative estimate of drug-likeness (QED) is 0.203. The third-order valence-electron chi connectivity index (χ3n) is 11.4. The van der Waals surface area contributed by atoms with Gasteiger partial charge in [-0.2, -0.15) is 0 Å². The highest BCUT2D eigenvalue weighted by atomic mass is 32.2. The van der Waals surface area contributed by atoms with Gasteiger partial charge in [0.2, 0.25) is 27.7 Å². The smallest absolute Gasteiger partial charge is 0.306 e. The minimum Gasteiger partial charge on any atom is -0.472 e. The van der Waals surface area contributed by atoms with E-state index in [9.17, 15) is 27.6 Å². The molecule has 2 aliphatic heterocycles. The lowest BCUT2D eigenvalue weighted by molar-refractivity contribution is -0.153. The maximum atomic E-state index is 14.7. The van der Waals surface area contributed by atoms with Gasteiger partial charge < -0.3 is 14.4 Å². The molecular formula is C43H49N3O8S. The fourth-order valence-corrected chi connectivity index (χ4v) is 9.26. The number of nitrogens with one attached hydrogen (secondary N) is 1. The SMILES string of the molecule is C=C[C@H]1C[C@]1(CC(=O)[C@@H]1C[C@@H]2CN1C(=O)[C@H](C(C)(C)C)CC(=O)OCCC/C=C/c1ccc3cc(-c4ccccc4)nc(c3c1)O2)C(=O)NS(=O)(=O)C1CC1. The minimum atomic E-state index is -3.86. The van der Waals surface area contributed by atoms with Crippen molar-refractivity contribution in [3.05, 3.63) is 78.9 Å². The number of sulfonamides is 1. The summed E-state index contributed by atoms with van der Waals surface area (Å²) in [5, 5.41) is 1.07. The van der Waals surface area contributed by atoms with E-state index < -0.39 is 62.0 Å². The van der Waals surface area contributed by atoms with Crippen molar-refractivity contribution in [2.45, 2.75) is 89.5 Å². The Balaban J connectivity index is 1.26. The molecule has 2 aromatic carbocycles. The molecule has 0 radical (unpaired) electrons. The number of cyclic esters (lactones) is 1. The van der Waals surface area contributed by atoms with Crippen molar-refractivity contribution in [1.29, 1.82) is 0 Å². The summed E-state index contributed by atoms with van der Waals surface area (Å²) in [6, 6.07) is 16.8. The molecule has 0 spiro atoms. The lowest BCUT2D eigenvalue weighted by Crippen LogP contribution is -2.48. The van der Waals surface area contributed by atoms with Gasteiger partial charge in [0.05, 0.1) is 47.9 Å². The van der Waals surface area contributed by atoms with E-state index in [1.54, 1.807) is 6.08 Å². The number of amides is 2. The molecule has 0 unspecified atom stereocenters. The Morgan fingerprint density at radius 2 is 1.85 bits per heavy atom. The number of nitrogens with zero attached hydrogens (tertiary/aromatic N) is 2. The molecule has 2 amide bonds. The monoisotopic (exact) mass is 767 g/mol. The van der Waals surface area contributed by atoms with Gasteiger partial charge in [0.15, 0.2) is 5.78 Å². The van der Waals surface area contributed by atoms with Gasteiger partial charge in [0.1, 0.15) is 6.10 Å². The zero-order valence-corrected chi connectivity index (χ0v) is 32.5. The summed E-state index contributed by atoms with van der Waals surface area (Å²) in [4.78, 5) is 62.5. The first kappa shape index (κ1) is 38.4. The molecular weight excluding hydrogens is 719 g/mol. The minimum absolute atomic E-state index is 0.0370. The summed E-state index contributed by atoms with van der Waals surface area (Å²) in [5.74, 6) is -2.84. The van der Waals surface area contributed by atoms with Crippen molar-refractivity contribution in [3.63, 3.8) is 0 Å². The number of Topliss-reactive ketones (excluding diaryl/α,β-unsaturated/α-hetero) is 1. The number of esters is 1. The number of hydrogen-bond donors (Lipinski definition) is 1. The molecule has 12 heteroatoms. The number of hydrogen-bond acceptors (Lipinski definition) is 9. The Kier molecular flexibility index (Phi) is 10.5. The van der Waals surface area contributed by atoms with Crippen molar-refractivity contribution >= 4 is 50.4 Å². The molecule has 1 N–H and O–H groups in total. The Morgan fingerprint density at radius 3 is 2.55 bits per heavy atom. The summed E-state index contributed by atoms with van der Waals surface area (Å²) in [7, 11) is -3.86. The van der Waals surface area contributed by atoms with Crippen LogP contribution in [0.15, 0.2) is 73.3 Å². The van der Waals surface area contributed by atoms with Crippen LogP contribution in [0.1, 0.15) is 77.7 Å². The summed E-state index contributed by atoms with van der Waals surface area (Å²) in [6.07, 6.45) is 7.14. The lowest BCUT2D eigenvalue weighted by Gasteiger charge is -2.34. The highest BCUT2D eigenvalue weighted by Gasteiger charge is 2.61. The normalized spacial score (nSPS) is 26.7. The summed E-state index contributed by atoms with van der Waals surface area (Å²) in [6.45, 7) is 9.71. The Morgan fingerprint density at radius 1 is 1.09 bits per heavy atom. The molecule has 7 rings (SSSR count). The topological polar surface area (TPSA) is 149 Å². The number of carbonyl (C=O) groups excluding carboxylic acids is 4. The first-order valence-electron chi connectivity index (χ1n) is 19.2. The fourth-order valence-electron chi connectivity index (χ4n) is 7.88. The van der Waals surface area contributed by atoms with Crippen LogP contribution in [-0.2, 0) is 33.9 Å². The van der Waals surface area contributed by atoms with E-state index in [1.807, 2.05) is 87.5 Å². The van der Waals surface area contributed by atoms with Gasteiger partial charge in [-0.25, -0.2) is 13.4 Å². The van der Waals surface area contributed by atoms with Crippen molar-refractivity contribution in [3.8, 4) is 17.1 Å². The number of benzene rings is 2. The number of ether oxygens (including phenoxy) is 2. The first-order valence-corrected chi connectivity index (χ1v) is 20.7. The van der Waals surface area contributed by atoms with Crippen LogP contribution < -0.4 is 9.46 Å². The standard InChI is InChI=1S/C43H49N3O8S/c1-5-30-24-43(30,41(50)45-55(51,52)32-17-18-32)25-37(47)36-22-31-26-46(36)40(49)34(42(2,3)4)23-38(48)53-19-11-7-8-12-27-15-16-29-21-35(28-13-9-6-10-14-28)44-39(54-31)33(29)20-27/h5-6,8-10,12-16,20-21,30-32,34,36H,1,7,11,17-19,22-26H2,2-4H3,(H,45,50)/b12-8+/t30-,31+,34+,36-,43+/m0/s1. The maximum absolute atomic E-state index is 14.7. The first-order chi connectivity index (χ1) is 26.2. The highest BCUT2D eigenvalue weighted by molar-refractivity contribution is 7.90. The highest BCUT2D eigenvalue weighted by Crippen LogP contribution is 2.57. The molecule has 3 aromatic rings. The Hall–Kier alpha value is -4.84. The van der Waals surface area contributed by atoms with Crippen LogP contribution in [0.25, 0.3) is 28.1 Å². The van der Waals surface area contributed by atoms with E-state index in [2.05, 4.69) is 11.3 Å². The van der Waals surface area contributed by atoms with E-state index in [0.29, 0.717) is 37.3 Å². The molecule has 2 aliphatic carbocycles. The van der Waals surface area contributed by atoms with Gasteiger partial charge in [0.25, 0.3) is 0 Å². The van der Waals surface area contributed by atoms with Crippen molar-refractivity contribution in [2.24, 2.45) is 22.7 Å². The number of pyridine rings is 1. The fraction of sp³-hybridized carbons (Fsp3) is 0.465. The molecule has 3 heterocycles. The predicted molar refractivity (Wildman–Crippen MR) is 209 cm³/mol. The molecule has 4 bridgehead atoms. The lowest BCUT2D eigenvalue weighted by atomic mass is 9.77. The number of aromatic nitrogens is 1.